The molecule has 1 saturated carbocycles. The molecule has 0 aromatic heterocycles. The van der Waals surface area contributed by atoms with Crippen LogP contribution in [0.4, 0.5) is 5.69 Å². The predicted molar refractivity (Wildman–Crippen MR) is 78.5 cm³/mol. The first-order valence-corrected chi connectivity index (χ1v) is 7.28. The highest BCUT2D eigenvalue weighted by Gasteiger charge is 2.21. The van der Waals surface area contributed by atoms with Gasteiger partial charge in [-0.3, -0.25) is 0 Å². The zero-order valence-corrected chi connectivity index (χ0v) is 12.0. The molecule has 3 heteroatoms. The minimum Gasteiger partial charge on any atom is -0.388 e. The summed E-state index contributed by atoms with van der Waals surface area (Å²) in [6, 6.07) is 8.07. The lowest BCUT2D eigenvalue weighted by Gasteiger charge is -2.24. The van der Waals surface area contributed by atoms with Crippen LogP contribution in [0, 0.1) is 5.92 Å². The van der Waals surface area contributed by atoms with Gasteiger partial charge in [0.25, 0.3) is 0 Å². The average molecular weight is 263 g/mol. The van der Waals surface area contributed by atoms with Crippen LogP contribution in [0.2, 0.25) is 0 Å². The van der Waals surface area contributed by atoms with Crippen molar-refractivity contribution in [3.8, 4) is 0 Å². The van der Waals surface area contributed by atoms with E-state index in [4.69, 9.17) is 4.74 Å². The lowest BCUT2D eigenvalue weighted by molar-refractivity contribution is 0.130. The quantitative estimate of drug-likeness (QED) is 0.732. The second kappa shape index (κ2) is 6.92. The molecule has 0 spiro atoms. The van der Waals surface area contributed by atoms with E-state index in [9.17, 15) is 5.11 Å². The Hall–Kier alpha value is -1.06. The third-order valence-electron chi connectivity index (χ3n) is 3.72. The summed E-state index contributed by atoms with van der Waals surface area (Å²) in [6.07, 6.45) is 3.03. The molecular weight excluding hydrogens is 238 g/mol. The number of benzene rings is 1. The van der Waals surface area contributed by atoms with Crippen molar-refractivity contribution in [3.63, 3.8) is 0 Å². The Morgan fingerprint density at radius 2 is 2.11 bits per heavy atom. The van der Waals surface area contributed by atoms with Gasteiger partial charge in [-0.2, -0.15) is 0 Å². The van der Waals surface area contributed by atoms with Crippen LogP contribution in [0.3, 0.4) is 0 Å². The fourth-order valence-corrected chi connectivity index (χ4v) is 2.19. The summed E-state index contributed by atoms with van der Waals surface area (Å²) in [4.78, 5) is 2.17. The lowest BCUT2D eigenvalue weighted by Crippen LogP contribution is -2.24. The van der Waals surface area contributed by atoms with Crippen LogP contribution in [-0.4, -0.2) is 31.9 Å². The molecule has 19 heavy (non-hydrogen) atoms. The van der Waals surface area contributed by atoms with Gasteiger partial charge in [0.15, 0.2) is 0 Å². The van der Waals surface area contributed by atoms with Gasteiger partial charge in [0, 0.05) is 31.5 Å². The van der Waals surface area contributed by atoms with Crippen LogP contribution in [0.1, 0.15) is 37.9 Å². The number of nitrogens with zero attached hydrogens (tertiary/aromatic N) is 1. The third-order valence-corrected chi connectivity index (χ3v) is 3.72. The Morgan fingerprint density at radius 3 is 2.79 bits per heavy atom. The molecule has 1 N–H and O–H groups in total. The van der Waals surface area contributed by atoms with E-state index in [1.54, 1.807) is 0 Å². The maximum absolute atomic E-state index is 10.1. The number of aliphatic hydroxyl groups excluding tert-OH is 1. The molecule has 2 rings (SSSR count). The molecule has 0 amide bonds. The summed E-state index contributed by atoms with van der Waals surface area (Å²) in [7, 11) is 2.06. The highest BCUT2D eigenvalue weighted by Crippen LogP contribution is 2.29. The molecule has 0 bridgehead atoms. The Kier molecular flexibility index (Phi) is 5.23. The second-order valence-corrected chi connectivity index (χ2v) is 5.42. The number of ether oxygens (including phenoxy) is 1. The topological polar surface area (TPSA) is 32.7 Å². The number of aliphatic hydroxyl groups is 1. The summed E-state index contributed by atoms with van der Waals surface area (Å²) in [5.41, 5.74) is 2.11. The van der Waals surface area contributed by atoms with E-state index in [1.165, 1.54) is 12.8 Å². The first kappa shape index (κ1) is 14.4. The molecule has 1 atom stereocenters. The van der Waals surface area contributed by atoms with Crippen molar-refractivity contribution >= 4 is 5.69 Å². The van der Waals surface area contributed by atoms with E-state index in [-0.39, 0.29) is 6.10 Å². The fraction of sp³-hybridized carbons (Fsp3) is 0.625. The number of anilines is 1. The molecule has 1 fully saturated rings. The number of likely N-dealkylation sites (N-methyl/N-ethyl adjacent to an activating group) is 1. The summed E-state index contributed by atoms with van der Waals surface area (Å²) in [5.74, 6) is 0.819. The van der Waals surface area contributed by atoms with Crippen LogP contribution in [0.5, 0.6) is 0 Å². The molecule has 106 valence electrons. The van der Waals surface area contributed by atoms with Crippen molar-refractivity contribution < 1.29 is 9.84 Å². The number of para-hydroxylation sites is 1. The van der Waals surface area contributed by atoms with Crippen molar-refractivity contribution in [1.82, 2.24) is 0 Å². The van der Waals surface area contributed by atoms with Gasteiger partial charge in [0.05, 0.1) is 12.7 Å². The molecule has 1 aromatic carbocycles. The second-order valence-electron chi connectivity index (χ2n) is 5.42. The summed E-state index contributed by atoms with van der Waals surface area (Å²) >= 11 is 0. The zero-order chi connectivity index (χ0) is 13.7. The standard InChI is InChI=1S/C16H25NO2/c1-3-16(18)14-6-4-5-7-15(14)17(2)10-11-19-12-13-8-9-13/h4-7,13,16,18H,3,8-12H2,1-2H3/t16-/m1/s1. The van der Waals surface area contributed by atoms with Crippen LogP contribution in [0.15, 0.2) is 24.3 Å². The van der Waals surface area contributed by atoms with Gasteiger partial charge in [-0.15, -0.1) is 0 Å². The Labute approximate surface area is 116 Å². The van der Waals surface area contributed by atoms with Gasteiger partial charge in [0.1, 0.15) is 0 Å². The van der Waals surface area contributed by atoms with Crippen LogP contribution < -0.4 is 4.90 Å². The maximum atomic E-state index is 10.1. The molecule has 0 heterocycles. The van der Waals surface area contributed by atoms with E-state index < -0.39 is 0 Å². The Balaban J connectivity index is 1.87. The normalized spacial score (nSPS) is 16.4. The monoisotopic (exact) mass is 263 g/mol. The van der Waals surface area contributed by atoms with E-state index >= 15 is 0 Å². The molecule has 0 radical (unpaired) electrons. The van der Waals surface area contributed by atoms with Gasteiger partial charge >= 0.3 is 0 Å². The molecular formula is C16H25NO2. The highest BCUT2D eigenvalue weighted by molar-refractivity contribution is 5.54. The fourth-order valence-electron chi connectivity index (χ4n) is 2.19. The van der Waals surface area contributed by atoms with Gasteiger partial charge in [-0.25, -0.2) is 0 Å². The van der Waals surface area contributed by atoms with Crippen molar-refractivity contribution in [3.05, 3.63) is 29.8 Å². The first-order valence-electron chi connectivity index (χ1n) is 7.28. The van der Waals surface area contributed by atoms with Gasteiger partial charge in [-0.1, -0.05) is 25.1 Å². The summed E-state index contributed by atoms with van der Waals surface area (Å²) in [6.45, 7) is 4.52. The number of hydrogen-bond donors (Lipinski definition) is 1. The lowest BCUT2D eigenvalue weighted by atomic mass is 10.0. The van der Waals surface area contributed by atoms with Crippen molar-refractivity contribution in [2.45, 2.75) is 32.3 Å². The van der Waals surface area contributed by atoms with E-state index in [0.717, 1.165) is 43.3 Å². The summed E-state index contributed by atoms with van der Waals surface area (Å²) < 4.78 is 5.67. The van der Waals surface area contributed by atoms with Crippen LogP contribution >= 0.6 is 0 Å². The third kappa shape index (κ3) is 4.22. The predicted octanol–water partition coefficient (Wildman–Crippen LogP) is 2.99. The summed E-state index contributed by atoms with van der Waals surface area (Å²) in [5, 5.41) is 10.1. The first-order chi connectivity index (χ1) is 9.22. The van der Waals surface area contributed by atoms with E-state index in [2.05, 4.69) is 18.0 Å². The maximum Gasteiger partial charge on any atom is 0.0807 e. The average Bonchev–Trinajstić information content (AvgIpc) is 3.26. The van der Waals surface area contributed by atoms with Gasteiger partial charge in [-0.05, 0) is 31.2 Å². The SMILES string of the molecule is CC[C@@H](O)c1ccccc1N(C)CCOCC1CC1. The van der Waals surface area contributed by atoms with Crippen LogP contribution in [-0.2, 0) is 4.74 Å². The van der Waals surface area contributed by atoms with Gasteiger partial charge in [0.2, 0.25) is 0 Å². The molecule has 1 aliphatic rings. The molecule has 0 saturated heterocycles. The van der Waals surface area contributed by atoms with Crippen molar-refractivity contribution in [2.75, 3.05) is 31.7 Å². The zero-order valence-electron chi connectivity index (χ0n) is 12.0. The van der Waals surface area contributed by atoms with Crippen LogP contribution in [0.25, 0.3) is 0 Å². The van der Waals surface area contributed by atoms with Crippen molar-refractivity contribution in [2.24, 2.45) is 5.92 Å². The Morgan fingerprint density at radius 1 is 1.37 bits per heavy atom. The van der Waals surface area contributed by atoms with E-state index in [1.807, 2.05) is 25.1 Å². The molecule has 1 aliphatic carbocycles. The number of hydrogen-bond acceptors (Lipinski definition) is 3. The molecule has 0 unspecified atom stereocenters. The van der Waals surface area contributed by atoms with E-state index in [0.29, 0.717) is 0 Å². The molecule has 3 nitrogen and oxygen atoms in total. The molecule has 0 aliphatic heterocycles. The van der Waals surface area contributed by atoms with Gasteiger partial charge < -0.3 is 14.7 Å². The van der Waals surface area contributed by atoms with Crippen molar-refractivity contribution in [1.29, 1.82) is 0 Å². The number of rotatable bonds is 8. The Bertz CT molecular complexity index is 390. The minimum absolute atomic E-state index is 0.383. The molecule has 1 aromatic rings. The minimum atomic E-state index is -0.383. The smallest absolute Gasteiger partial charge is 0.0807 e. The highest BCUT2D eigenvalue weighted by atomic mass is 16.5. The largest absolute Gasteiger partial charge is 0.388 e.